The van der Waals surface area contributed by atoms with Crippen molar-refractivity contribution in [3.8, 4) is 0 Å². The number of likely N-dealkylation sites (tertiary alicyclic amines) is 1. The van der Waals surface area contributed by atoms with Crippen molar-refractivity contribution >= 4 is 23.2 Å². The van der Waals surface area contributed by atoms with Gasteiger partial charge in [-0.25, -0.2) is 0 Å². The third-order valence-corrected chi connectivity index (χ3v) is 3.66. The van der Waals surface area contributed by atoms with E-state index in [2.05, 4.69) is 11.9 Å². The summed E-state index contributed by atoms with van der Waals surface area (Å²) in [6, 6.07) is 5.96. The number of likely N-dealkylation sites (N-methyl/N-ethyl adjacent to an activating group) is 1. The van der Waals surface area contributed by atoms with Crippen LogP contribution >= 0.6 is 23.2 Å². The minimum Gasteiger partial charge on any atom is -0.326 e. The Labute approximate surface area is 100.0 Å². The second kappa shape index (κ2) is 4.30. The lowest BCUT2D eigenvalue weighted by Gasteiger charge is -2.15. The largest absolute Gasteiger partial charge is 0.326 e. The quantitative estimate of drug-likeness (QED) is 0.822. The Balaban J connectivity index is 2.26. The molecule has 4 heteroatoms. The van der Waals surface area contributed by atoms with Gasteiger partial charge in [0.2, 0.25) is 0 Å². The molecule has 0 radical (unpaired) electrons. The second-order valence-corrected chi connectivity index (χ2v) is 4.98. The Bertz CT molecular complexity index is 368. The summed E-state index contributed by atoms with van der Waals surface area (Å²) in [4.78, 5) is 2.23. The first-order valence-corrected chi connectivity index (χ1v) is 5.72. The zero-order valence-corrected chi connectivity index (χ0v) is 10.1. The van der Waals surface area contributed by atoms with Crippen molar-refractivity contribution in [1.29, 1.82) is 0 Å². The molecule has 2 N–H and O–H groups in total. The predicted octanol–water partition coefficient (Wildman–Crippen LogP) is 2.35. The minimum absolute atomic E-state index is 0.187. The molecule has 2 rings (SSSR count). The van der Waals surface area contributed by atoms with Crippen molar-refractivity contribution in [2.75, 3.05) is 20.1 Å². The molecule has 1 aromatic rings. The maximum absolute atomic E-state index is 6.07. The SMILES string of the molecule is CN1C[C@@H](N)[C@@H](c2ccc(Cl)c(Cl)c2)C1. The van der Waals surface area contributed by atoms with Crippen molar-refractivity contribution in [2.45, 2.75) is 12.0 Å². The average Bonchev–Trinajstić information content (AvgIpc) is 2.50. The summed E-state index contributed by atoms with van der Waals surface area (Å²) in [6.45, 7) is 1.92. The lowest BCUT2D eigenvalue weighted by atomic mass is 9.95. The molecule has 2 atom stereocenters. The van der Waals surface area contributed by atoms with Gasteiger partial charge in [0.25, 0.3) is 0 Å². The highest BCUT2D eigenvalue weighted by molar-refractivity contribution is 6.42. The van der Waals surface area contributed by atoms with Crippen LogP contribution in [0.5, 0.6) is 0 Å². The third-order valence-electron chi connectivity index (χ3n) is 2.92. The van der Waals surface area contributed by atoms with E-state index < -0.39 is 0 Å². The van der Waals surface area contributed by atoms with Gasteiger partial charge >= 0.3 is 0 Å². The van der Waals surface area contributed by atoms with Crippen LogP contribution in [0.1, 0.15) is 11.5 Å². The second-order valence-electron chi connectivity index (χ2n) is 4.17. The zero-order valence-electron chi connectivity index (χ0n) is 8.58. The lowest BCUT2D eigenvalue weighted by Crippen LogP contribution is -2.27. The van der Waals surface area contributed by atoms with Crippen LogP contribution in [0.4, 0.5) is 0 Å². The lowest BCUT2D eigenvalue weighted by molar-refractivity contribution is 0.407. The van der Waals surface area contributed by atoms with Crippen LogP contribution < -0.4 is 5.73 Å². The summed E-state index contributed by atoms with van der Waals surface area (Å²) in [6.07, 6.45) is 0. The normalized spacial score (nSPS) is 27.2. The van der Waals surface area contributed by atoms with E-state index in [1.54, 1.807) is 0 Å². The Hall–Kier alpha value is -0.280. The number of hydrogen-bond acceptors (Lipinski definition) is 2. The van der Waals surface area contributed by atoms with Gasteiger partial charge in [-0.15, -0.1) is 0 Å². The summed E-state index contributed by atoms with van der Waals surface area (Å²) in [7, 11) is 2.08. The van der Waals surface area contributed by atoms with E-state index in [4.69, 9.17) is 28.9 Å². The summed E-state index contributed by atoms with van der Waals surface area (Å²) in [5.41, 5.74) is 7.25. The highest BCUT2D eigenvalue weighted by Crippen LogP contribution is 2.30. The number of rotatable bonds is 1. The standard InChI is InChI=1S/C11H14Cl2N2/c1-15-5-8(11(14)6-15)7-2-3-9(12)10(13)4-7/h2-4,8,11H,5-6,14H2,1H3/t8-,11-/m1/s1. The Morgan fingerprint density at radius 1 is 1.27 bits per heavy atom. The first-order chi connectivity index (χ1) is 7.08. The molecule has 1 aliphatic rings. The fourth-order valence-electron chi connectivity index (χ4n) is 2.13. The van der Waals surface area contributed by atoms with Crippen LogP contribution in [-0.2, 0) is 0 Å². The maximum atomic E-state index is 6.07. The molecule has 0 spiro atoms. The molecular formula is C11H14Cl2N2. The topological polar surface area (TPSA) is 29.3 Å². The van der Waals surface area contributed by atoms with Gasteiger partial charge in [0.05, 0.1) is 10.0 Å². The highest BCUT2D eigenvalue weighted by atomic mass is 35.5. The summed E-state index contributed by atoms with van der Waals surface area (Å²) >= 11 is 11.9. The Morgan fingerprint density at radius 2 is 2.00 bits per heavy atom. The molecular weight excluding hydrogens is 231 g/mol. The molecule has 82 valence electrons. The van der Waals surface area contributed by atoms with Gasteiger partial charge in [0.1, 0.15) is 0 Å². The first-order valence-electron chi connectivity index (χ1n) is 4.97. The van der Waals surface area contributed by atoms with E-state index in [9.17, 15) is 0 Å². The van der Waals surface area contributed by atoms with Gasteiger partial charge in [0, 0.05) is 25.0 Å². The molecule has 0 bridgehead atoms. The van der Waals surface area contributed by atoms with Crippen molar-refractivity contribution in [2.24, 2.45) is 5.73 Å². The number of nitrogens with two attached hydrogens (primary N) is 1. The average molecular weight is 245 g/mol. The van der Waals surface area contributed by atoms with Crippen LogP contribution in [0.15, 0.2) is 18.2 Å². The van der Waals surface area contributed by atoms with Crippen LogP contribution in [0.2, 0.25) is 10.0 Å². The van der Waals surface area contributed by atoms with Gasteiger partial charge in [0.15, 0.2) is 0 Å². The van der Waals surface area contributed by atoms with Crippen LogP contribution in [0.3, 0.4) is 0 Å². The monoisotopic (exact) mass is 244 g/mol. The van der Waals surface area contributed by atoms with E-state index in [1.165, 1.54) is 5.56 Å². The molecule has 1 saturated heterocycles. The van der Waals surface area contributed by atoms with Crippen molar-refractivity contribution in [1.82, 2.24) is 4.90 Å². The van der Waals surface area contributed by atoms with Gasteiger partial charge in [-0.1, -0.05) is 29.3 Å². The smallest absolute Gasteiger partial charge is 0.0595 e. The Kier molecular flexibility index (Phi) is 3.21. The molecule has 0 aliphatic carbocycles. The van der Waals surface area contributed by atoms with Crippen molar-refractivity contribution < 1.29 is 0 Å². The van der Waals surface area contributed by atoms with E-state index in [1.807, 2.05) is 18.2 Å². The highest BCUT2D eigenvalue weighted by Gasteiger charge is 2.29. The molecule has 1 fully saturated rings. The molecule has 1 aliphatic heterocycles. The molecule has 0 amide bonds. The number of nitrogens with zero attached hydrogens (tertiary/aromatic N) is 1. The number of benzene rings is 1. The van der Waals surface area contributed by atoms with Crippen LogP contribution in [0, 0.1) is 0 Å². The molecule has 0 saturated carbocycles. The van der Waals surface area contributed by atoms with Gasteiger partial charge < -0.3 is 10.6 Å². The Morgan fingerprint density at radius 3 is 2.53 bits per heavy atom. The minimum atomic E-state index is 0.187. The maximum Gasteiger partial charge on any atom is 0.0595 e. The molecule has 0 unspecified atom stereocenters. The van der Waals surface area contributed by atoms with Crippen LogP contribution in [0.25, 0.3) is 0 Å². The van der Waals surface area contributed by atoms with Gasteiger partial charge in [-0.3, -0.25) is 0 Å². The molecule has 1 aromatic carbocycles. The number of hydrogen-bond donors (Lipinski definition) is 1. The first kappa shape index (κ1) is 11.2. The van der Waals surface area contributed by atoms with Gasteiger partial charge in [-0.2, -0.15) is 0 Å². The summed E-state index contributed by atoms with van der Waals surface area (Å²) < 4.78 is 0. The molecule has 15 heavy (non-hydrogen) atoms. The zero-order chi connectivity index (χ0) is 11.0. The van der Waals surface area contributed by atoms with Crippen molar-refractivity contribution in [3.63, 3.8) is 0 Å². The molecule has 2 nitrogen and oxygen atoms in total. The molecule has 1 heterocycles. The summed E-state index contributed by atoms with van der Waals surface area (Å²) in [5, 5.41) is 1.20. The summed E-state index contributed by atoms with van der Waals surface area (Å²) in [5.74, 6) is 0.366. The fourth-order valence-corrected chi connectivity index (χ4v) is 2.43. The van der Waals surface area contributed by atoms with E-state index >= 15 is 0 Å². The van der Waals surface area contributed by atoms with E-state index in [-0.39, 0.29) is 6.04 Å². The molecule has 0 aromatic heterocycles. The van der Waals surface area contributed by atoms with Crippen molar-refractivity contribution in [3.05, 3.63) is 33.8 Å². The predicted molar refractivity (Wildman–Crippen MR) is 64.7 cm³/mol. The van der Waals surface area contributed by atoms with E-state index in [0.717, 1.165) is 13.1 Å². The number of halogens is 2. The van der Waals surface area contributed by atoms with Gasteiger partial charge in [-0.05, 0) is 24.7 Å². The van der Waals surface area contributed by atoms with Crippen LogP contribution in [-0.4, -0.2) is 31.1 Å². The fraction of sp³-hybridized carbons (Fsp3) is 0.455. The van der Waals surface area contributed by atoms with E-state index in [0.29, 0.717) is 16.0 Å². The third kappa shape index (κ3) is 2.28.